The predicted octanol–water partition coefficient (Wildman–Crippen LogP) is 5.79. The van der Waals surface area contributed by atoms with Crippen LogP contribution in [-0.2, 0) is 27.8 Å². The lowest BCUT2D eigenvalue weighted by molar-refractivity contribution is -0.137. The number of aromatic nitrogens is 2. The largest absolute Gasteiger partial charge is 0.486 e. The molecule has 9 nitrogen and oxygen atoms in total. The summed E-state index contributed by atoms with van der Waals surface area (Å²) in [6.45, 7) is 4.24. The van der Waals surface area contributed by atoms with Gasteiger partial charge in [-0.05, 0) is 74.9 Å². The fraction of sp³-hybridized carbons (Fsp3) is 0.379. The molecule has 1 atom stereocenters. The zero-order chi connectivity index (χ0) is 29.3. The summed E-state index contributed by atoms with van der Waals surface area (Å²) in [6, 6.07) is 9.49. The van der Waals surface area contributed by atoms with Crippen LogP contribution in [0.15, 0.2) is 41.3 Å². The first-order chi connectivity index (χ1) is 19.6. The number of aryl methyl sites for hydroxylation is 1. The fourth-order valence-corrected chi connectivity index (χ4v) is 7.44. The molecule has 0 fully saturated rings. The van der Waals surface area contributed by atoms with Crippen LogP contribution in [0.1, 0.15) is 56.4 Å². The van der Waals surface area contributed by atoms with Crippen LogP contribution in [0.2, 0.25) is 5.02 Å². The summed E-state index contributed by atoms with van der Waals surface area (Å²) < 4.78 is 58.2. The van der Waals surface area contributed by atoms with Gasteiger partial charge in [-0.2, -0.15) is 0 Å². The molecule has 0 saturated heterocycles. The number of hydrogen-bond acceptors (Lipinski definition) is 6. The Balaban J connectivity index is 1.61. The summed E-state index contributed by atoms with van der Waals surface area (Å²) in [5.41, 5.74) is 2.30. The van der Waals surface area contributed by atoms with E-state index in [0.717, 1.165) is 12.8 Å². The van der Waals surface area contributed by atoms with E-state index in [4.69, 9.17) is 21.1 Å². The van der Waals surface area contributed by atoms with Gasteiger partial charge in [0.2, 0.25) is 0 Å². The molecule has 1 N–H and O–H groups in total. The van der Waals surface area contributed by atoms with Crippen molar-refractivity contribution in [3.05, 3.63) is 64.1 Å². The average Bonchev–Trinajstić information content (AvgIpc) is 3.30. The maximum absolute atomic E-state index is 14.6. The molecule has 0 saturated carbocycles. The third-order valence-corrected chi connectivity index (χ3v) is 9.34. The van der Waals surface area contributed by atoms with E-state index in [-0.39, 0.29) is 53.0 Å². The molecule has 3 aromatic rings. The van der Waals surface area contributed by atoms with Gasteiger partial charge in [0.15, 0.2) is 4.90 Å². The topological polar surface area (TPSA) is 111 Å². The molecule has 12 heteroatoms. The number of carbonyl (C=O) groups is 1. The van der Waals surface area contributed by atoms with Crippen LogP contribution in [-0.4, -0.2) is 48.5 Å². The molecule has 0 amide bonds. The molecule has 1 aromatic heterocycles. The minimum absolute atomic E-state index is 0.0270. The Morgan fingerprint density at radius 1 is 1.29 bits per heavy atom. The van der Waals surface area contributed by atoms with Crippen molar-refractivity contribution in [1.82, 2.24) is 9.78 Å². The van der Waals surface area contributed by atoms with E-state index >= 15 is 0 Å². The predicted molar refractivity (Wildman–Crippen MR) is 154 cm³/mol. The molecule has 41 heavy (non-hydrogen) atoms. The van der Waals surface area contributed by atoms with Gasteiger partial charge in [0, 0.05) is 18.5 Å². The number of sulfonamides is 1. The van der Waals surface area contributed by atoms with Gasteiger partial charge in [-0.3, -0.25) is 13.8 Å². The molecule has 3 heterocycles. The number of rotatable bonds is 9. The van der Waals surface area contributed by atoms with Crippen LogP contribution in [0.25, 0.3) is 11.6 Å². The van der Waals surface area contributed by atoms with Gasteiger partial charge in [-0.1, -0.05) is 29.8 Å². The third kappa shape index (κ3) is 5.78. The summed E-state index contributed by atoms with van der Waals surface area (Å²) in [7, 11) is -4.21. The number of hydrogen-bond donors (Lipinski definition) is 1. The van der Waals surface area contributed by atoms with Crippen molar-refractivity contribution in [2.45, 2.75) is 63.5 Å². The van der Waals surface area contributed by atoms with E-state index in [0.29, 0.717) is 35.5 Å². The lowest BCUT2D eigenvalue weighted by Crippen LogP contribution is -2.44. The highest BCUT2D eigenvalue weighted by Crippen LogP contribution is 2.42. The molecular formula is C29H31ClFN3O6S. The van der Waals surface area contributed by atoms with Crippen LogP contribution in [0, 0.1) is 5.82 Å². The summed E-state index contributed by atoms with van der Waals surface area (Å²) in [5, 5.41) is 14.0. The average molecular weight is 604 g/mol. The van der Waals surface area contributed by atoms with Gasteiger partial charge in [-0.25, -0.2) is 12.8 Å². The number of nitrogens with zero attached hydrogens (tertiary/aromatic N) is 3. The molecule has 5 rings (SSSR count). The molecule has 0 unspecified atom stereocenters. The number of anilines is 1. The molecule has 0 radical (unpaired) electrons. The van der Waals surface area contributed by atoms with E-state index in [2.05, 4.69) is 5.10 Å². The molecule has 2 aliphatic rings. The third-order valence-electron chi connectivity index (χ3n) is 7.18. The molecule has 2 aromatic carbocycles. The number of halogens is 2. The Morgan fingerprint density at radius 2 is 2.10 bits per heavy atom. The standard InChI is InChI=1S/C29H31ClFN3O6S/c1-3-39-29-28(23-9-4-5-14-33(23)32-29)41(37,38)34-17-20(11-13-26(35)36)40-25-12-10-19(16-24(25)34)15-18(2)27-21(30)7-6-8-22(27)31/h6-8,10,12,15-16,20H,3-5,9,11,13-14,17H2,1-2H3,(H,35,36)/t20-/m0/s1. The number of carboxylic acids is 1. The van der Waals surface area contributed by atoms with Gasteiger partial charge in [0.05, 0.1) is 29.6 Å². The second kappa shape index (κ2) is 11.7. The van der Waals surface area contributed by atoms with Crippen LogP contribution in [0.5, 0.6) is 11.6 Å². The number of ether oxygens (including phenoxy) is 2. The Bertz CT molecular complexity index is 1600. The van der Waals surface area contributed by atoms with Gasteiger partial charge < -0.3 is 14.6 Å². The number of fused-ring (bicyclic) bond motifs is 2. The number of benzene rings is 2. The Kier molecular flexibility index (Phi) is 8.28. The van der Waals surface area contributed by atoms with Crippen molar-refractivity contribution >= 4 is 44.9 Å². The smallest absolute Gasteiger partial charge is 0.303 e. The van der Waals surface area contributed by atoms with Crippen molar-refractivity contribution in [1.29, 1.82) is 0 Å². The molecular weight excluding hydrogens is 573 g/mol. The van der Waals surface area contributed by atoms with E-state index in [1.54, 1.807) is 48.9 Å². The first-order valence-corrected chi connectivity index (χ1v) is 15.3. The van der Waals surface area contributed by atoms with Crippen LogP contribution in [0.4, 0.5) is 10.1 Å². The summed E-state index contributed by atoms with van der Waals surface area (Å²) in [5.74, 6) is -1.11. The van der Waals surface area contributed by atoms with Crippen LogP contribution >= 0.6 is 11.6 Å². The minimum atomic E-state index is -4.21. The first-order valence-electron chi connectivity index (χ1n) is 13.5. The summed E-state index contributed by atoms with van der Waals surface area (Å²) >= 11 is 6.26. The Labute approximate surface area is 243 Å². The van der Waals surface area contributed by atoms with Crippen LogP contribution < -0.4 is 13.8 Å². The van der Waals surface area contributed by atoms with E-state index in [9.17, 15) is 22.7 Å². The molecule has 0 spiro atoms. The zero-order valence-electron chi connectivity index (χ0n) is 22.8. The highest BCUT2D eigenvalue weighted by molar-refractivity contribution is 7.93. The van der Waals surface area contributed by atoms with Crippen molar-refractivity contribution in [3.63, 3.8) is 0 Å². The molecule has 0 bridgehead atoms. The zero-order valence-corrected chi connectivity index (χ0v) is 24.3. The van der Waals surface area contributed by atoms with Crippen molar-refractivity contribution in [2.75, 3.05) is 17.5 Å². The summed E-state index contributed by atoms with van der Waals surface area (Å²) in [6.07, 6.45) is 3.24. The maximum Gasteiger partial charge on any atom is 0.303 e. The van der Waals surface area contributed by atoms with Crippen LogP contribution in [0.3, 0.4) is 0 Å². The summed E-state index contributed by atoms with van der Waals surface area (Å²) in [4.78, 5) is 11.3. The lowest BCUT2D eigenvalue weighted by atomic mass is 10.0. The van der Waals surface area contributed by atoms with E-state index < -0.39 is 27.9 Å². The molecule has 218 valence electrons. The molecule has 0 aliphatic carbocycles. The van der Waals surface area contributed by atoms with E-state index in [1.807, 2.05) is 0 Å². The number of aliphatic carboxylic acids is 1. The number of allylic oxidation sites excluding steroid dienone is 1. The van der Waals surface area contributed by atoms with Gasteiger partial charge in [0.1, 0.15) is 17.7 Å². The van der Waals surface area contributed by atoms with Gasteiger partial charge in [-0.15, -0.1) is 5.10 Å². The highest BCUT2D eigenvalue weighted by atomic mass is 35.5. The SMILES string of the molecule is CCOc1nn2c(c1S(=O)(=O)N1C[C@H](CCC(=O)O)Oc3ccc(C=C(C)c4c(F)cccc4Cl)cc31)CCCC2. The Hall–Kier alpha value is -3.57. The van der Waals surface area contributed by atoms with Crippen molar-refractivity contribution in [2.24, 2.45) is 0 Å². The molecule has 2 aliphatic heterocycles. The maximum atomic E-state index is 14.6. The minimum Gasteiger partial charge on any atom is -0.486 e. The fourth-order valence-electron chi connectivity index (χ4n) is 5.32. The van der Waals surface area contributed by atoms with E-state index in [1.165, 1.54) is 16.4 Å². The second-order valence-corrected chi connectivity index (χ2v) is 12.3. The quantitative estimate of drug-likeness (QED) is 0.308. The Morgan fingerprint density at radius 3 is 2.83 bits per heavy atom. The first kappa shape index (κ1) is 28.9. The lowest BCUT2D eigenvalue weighted by Gasteiger charge is -2.35. The highest BCUT2D eigenvalue weighted by Gasteiger charge is 2.40. The van der Waals surface area contributed by atoms with Gasteiger partial charge >= 0.3 is 5.97 Å². The van der Waals surface area contributed by atoms with Crippen molar-refractivity contribution in [3.8, 4) is 11.6 Å². The van der Waals surface area contributed by atoms with Gasteiger partial charge in [0.25, 0.3) is 15.9 Å². The van der Waals surface area contributed by atoms with Crippen molar-refractivity contribution < 1.29 is 32.2 Å². The number of carboxylic acid groups (broad SMARTS) is 1. The second-order valence-electron chi connectivity index (χ2n) is 10.1. The monoisotopic (exact) mass is 603 g/mol. The normalized spacial score (nSPS) is 17.0.